The van der Waals surface area contributed by atoms with Crippen LogP contribution in [-0.4, -0.2) is 22.2 Å². The molecular formula is C12H14F2N2O. The molecule has 3 nitrogen and oxygen atoms in total. The van der Waals surface area contributed by atoms with E-state index in [9.17, 15) is 8.78 Å². The highest BCUT2D eigenvalue weighted by molar-refractivity contribution is 5.84. The van der Waals surface area contributed by atoms with Gasteiger partial charge in [-0.05, 0) is 6.07 Å². The predicted octanol–water partition coefficient (Wildman–Crippen LogP) is 1.81. The lowest BCUT2D eigenvalue weighted by atomic mass is 10.0. The van der Waals surface area contributed by atoms with E-state index in [0.717, 1.165) is 5.52 Å². The van der Waals surface area contributed by atoms with Gasteiger partial charge in [0.25, 0.3) is 5.92 Å². The highest BCUT2D eigenvalue weighted by Crippen LogP contribution is 2.33. The van der Waals surface area contributed by atoms with E-state index >= 15 is 0 Å². The van der Waals surface area contributed by atoms with E-state index in [4.69, 9.17) is 10.8 Å². The molecule has 2 aromatic rings. The number of nitrogens with two attached hydrogens (primary N) is 1. The molecule has 0 saturated carbocycles. The van der Waals surface area contributed by atoms with E-state index in [2.05, 4.69) is 0 Å². The highest BCUT2D eigenvalue weighted by atomic mass is 19.3. The van der Waals surface area contributed by atoms with Crippen molar-refractivity contribution in [3.8, 4) is 0 Å². The zero-order chi connectivity index (χ0) is 12.6. The zero-order valence-corrected chi connectivity index (χ0v) is 9.40. The minimum atomic E-state index is -3.32. The number of hydrogen-bond donors (Lipinski definition) is 2. The van der Waals surface area contributed by atoms with Crippen LogP contribution in [0.15, 0.2) is 30.5 Å². The number of aliphatic hydroxyl groups excluding tert-OH is 1. The molecule has 0 radical (unpaired) electrons. The Morgan fingerprint density at radius 3 is 2.71 bits per heavy atom. The third-order valence-electron chi connectivity index (χ3n) is 2.93. The highest BCUT2D eigenvalue weighted by Gasteiger charge is 2.38. The monoisotopic (exact) mass is 240 g/mol. The molecule has 92 valence electrons. The molecule has 0 aliphatic rings. The lowest BCUT2D eigenvalue weighted by Gasteiger charge is -2.20. The van der Waals surface area contributed by atoms with Crippen molar-refractivity contribution in [3.05, 3.63) is 36.0 Å². The number of para-hydroxylation sites is 1. The van der Waals surface area contributed by atoms with Crippen LogP contribution in [0.2, 0.25) is 0 Å². The van der Waals surface area contributed by atoms with Crippen molar-refractivity contribution in [1.29, 1.82) is 0 Å². The number of rotatable bonds is 3. The zero-order valence-electron chi connectivity index (χ0n) is 9.40. The quantitative estimate of drug-likeness (QED) is 0.859. The Bertz CT molecular complexity index is 536. The van der Waals surface area contributed by atoms with Crippen LogP contribution < -0.4 is 5.73 Å². The first kappa shape index (κ1) is 12.0. The van der Waals surface area contributed by atoms with Gasteiger partial charge in [-0.2, -0.15) is 0 Å². The summed E-state index contributed by atoms with van der Waals surface area (Å²) in [5, 5.41) is 9.36. The fourth-order valence-corrected chi connectivity index (χ4v) is 1.95. The second-order valence-corrected chi connectivity index (χ2v) is 4.11. The number of alkyl halides is 2. The number of fused-ring (bicyclic) bond motifs is 1. The standard InChI is InChI=1S/C12H14F2N2O/c1-16-6-9(11(15)12(13,14)7-17)8-4-2-3-5-10(8)16/h2-6,11,17H,7,15H2,1H3/t11-/m1/s1. The largest absolute Gasteiger partial charge is 0.390 e. The molecule has 0 spiro atoms. The van der Waals surface area contributed by atoms with Crippen LogP contribution in [0, 0.1) is 0 Å². The summed E-state index contributed by atoms with van der Waals surface area (Å²) in [5.41, 5.74) is 6.73. The van der Waals surface area contributed by atoms with Crippen molar-refractivity contribution < 1.29 is 13.9 Å². The van der Waals surface area contributed by atoms with Crippen molar-refractivity contribution in [2.24, 2.45) is 12.8 Å². The Labute approximate surface area is 97.5 Å². The normalized spacial score (nSPS) is 14.2. The van der Waals surface area contributed by atoms with Gasteiger partial charge in [0.2, 0.25) is 0 Å². The van der Waals surface area contributed by atoms with Gasteiger partial charge in [0, 0.05) is 29.7 Å². The number of hydrogen-bond acceptors (Lipinski definition) is 2. The van der Waals surface area contributed by atoms with Crippen molar-refractivity contribution >= 4 is 10.9 Å². The Hall–Kier alpha value is -1.46. The molecule has 0 bridgehead atoms. The van der Waals surface area contributed by atoms with Gasteiger partial charge in [0.15, 0.2) is 0 Å². The maximum atomic E-state index is 13.4. The Balaban J connectivity index is 2.56. The first-order chi connectivity index (χ1) is 7.97. The fraction of sp³-hybridized carbons (Fsp3) is 0.333. The summed E-state index contributed by atoms with van der Waals surface area (Å²) >= 11 is 0. The average molecular weight is 240 g/mol. The summed E-state index contributed by atoms with van der Waals surface area (Å²) in [5.74, 6) is -3.32. The average Bonchev–Trinajstić information content (AvgIpc) is 2.66. The van der Waals surface area contributed by atoms with E-state index in [1.54, 1.807) is 29.9 Å². The van der Waals surface area contributed by atoms with Gasteiger partial charge in [-0.25, -0.2) is 8.78 Å². The van der Waals surface area contributed by atoms with Crippen LogP contribution in [0.3, 0.4) is 0 Å². The minimum absolute atomic E-state index is 0.349. The van der Waals surface area contributed by atoms with Gasteiger partial charge in [0.1, 0.15) is 6.61 Å². The molecule has 5 heteroatoms. The second-order valence-electron chi connectivity index (χ2n) is 4.11. The molecule has 0 unspecified atom stereocenters. The topological polar surface area (TPSA) is 51.2 Å². The maximum absolute atomic E-state index is 13.4. The number of aryl methyl sites for hydroxylation is 1. The molecule has 0 amide bonds. The summed E-state index contributed by atoms with van der Waals surface area (Å²) in [4.78, 5) is 0. The molecule has 0 aliphatic heterocycles. The van der Waals surface area contributed by atoms with Crippen molar-refractivity contribution in [2.75, 3.05) is 6.61 Å². The molecule has 2 rings (SSSR count). The van der Waals surface area contributed by atoms with Crippen LogP contribution in [0.1, 0.15) is 11.6 Å². The molecule has 1 aromatic heterocycles. The Morgan fingerprint density at radius 1 is 1.41 bits per heavy atom. The number of nitrogens with zero attached hydrogens (tertiary/aromatic N) is 1. The minimum Gasteiger partial charge on any atom is -0.390 e. The van der Waals surface area contributed by atoms with Crippen LogP contribution in [0.4, 0.5) is 8.78 Å². The van der Waals surface area contributed by atoms with Gasteiger partial charge >= 0.3 is 0 Å². The van der Waals surface area contributed by atoms with Gasteiger partial charge in [-0.15, -0.1) is 0 Å². The molecule has 0 saturated heterocycles. The van der Waals surface area contributed by atoms with Crippen molar-refractivity contribution in [3.63, 3.8) is 0 Å². The van der Waals surface area contributed by atoms with Crippen LogP contribution in [0.25, 0.3) is 10.9 Å². The van der Waals surface area contributed by atoms with Crippen molar-refractivity contribution in [2.45, 2.75) is 12.0 Å². The first-order valence-electron chi connectivity index (χ1n) is 5.25. The molecule has 1 aromatic carbocycles. The third-order valence-corrected chi connectivity index (χ3v) is 2.93. The fourth-order valence-electron chi connectivity index (χ4n) is 1.95. The Morgan fingerprint density at radius 2 is 2.06 bits per heavy atom. The molecule has 0 aliphatic carbocycles. The van der Waals surface area contributed by atoms with E-state index < -0.39 is 18.6 Å². The lowest BCUT2D eigenvalue weighted by Crippen LogP contribution is -2.36. The van der Waals surface area contributed by atoms with Gasteiger partial charge in [0.05, 0.1) is 6.04 Å². The summed E-state index contributed by atoms with van der Waals surface area (Å²) in [6, 6.07) is 5.69. The van der Waals surface area contributed by atoms with Gasteiger partial charge in [-0.1, -0.05) is 18.2 Å². The first-order valence-corrected chi connectivity index (χ1v) is 5.25. The molecule has 1 atom stereocenters. The summed E-state index contributed by atoms with van der Waals surface area (Å²) in [7, 11) is 1.77. The van der Waals surface area contributed by atoms with E-state index in [1.807, 2.05) is 12.1 Å². The molecule has 1 heterocycles. The summed E-state index contributed by atoms with van der Waals surface area (Å²) in [6.45, 7) is -1.25. The second kappa shape index (κ2) is 4.09. The predicted molar refractivity (Wildman–Crippen MR) is 61.9 cm³/mol. The van der Waals surface area contributed by atoms with Crippen LogP contribution >= 0.6 is 0 Å². The van der Waals surface area contributed by atoms with E-state index in [-0.39, 0.29) is 0 Å². The number of aliphatic hydroxyl groups is 1. The molecular weight excluding hydrogens is 226 g/mol. The Kier molecular flexibility index (Phi) is 2.89. The smallest absolute Gasteiger partial charge is 0.289 e. The number of aromatic nitrogens is 1. The maximum Gasteiger partial charge on any atom is 0.289 e. The number of halogens is 2. The van der Waals surface area contributed by atoms with Crippen LogP contribution in [-0.2, 0) is 7.05 Å². The van der Waals surface area contributed by atoms with E-state index in [1.165, 1.54) is 0 Å². The van der Waals surface area contributed by atoms with Gasteiger partial charge in [-0.3, -0.25) is 0 Å². The van der Waals surface area contributed by atoms with Crippen LogP contribution in [0.5, 0.6) is 0 Å². The van der Waals surface area contributed by atoms with Gasteiger partial charge < -0.3 is 15.4 Å². The SMILES string of the molecule is Cn1cc([C@@H](N)C(F)(F)CO)c2ccccc21. The molecule has 17 heavy (non-hydrogen) atoms. The van der Waals surface area contributed by atoms with E-state index in [0.29, 0.717) is 10.9 Å². The molecule has 0 fully saturated rings. The third kappa shape index (κ3) is 1.92. The number of benzene rings is 1. The van der Waals surface area contributed by atoms with Crippen molar-refractivity contribution in [1.82, 2.24) is 4.57 Å². The summed E-state index contributed by atoms with van der Waals surface area (Å²) in [6.07, 6.45) is 1.58. The molecule has 3 N–H and O–H groups in total. The lowest BCUT2D eigenvalue weighted by molar-refractivity contribution is -0.0708. The summed E-state index contributed by atoms with van der Waals surface area (Å²) < 4.78 is 28.5.